The van der Waals surface area contributed by atoms with Crippen molar-refractivity contribution in [3.05, 3.63) is 35.9 Å². The minimum absolute atomic E-state index is 0.718. The topological polar surface area (TPSA) is 24.1 Å². The molecule has 0 saturated heterocycles. The van der Waals surface area contributed by atoms with Crippen molar-refractivity contribution < 1.29 is 0 Å². The molecule has 0 heterocycles. The second-order valence-electron chi connectivity index (χ2n) is 3.04. The maximum atomic E-state index is 4.97. The molecule has 0 aliphatic rings. The van der Waals surface area contributed by atoms with Gasteiger partial charge in [-0.1, -0.05) is 30.3 Å². The van der Waals surface area contributed by atoms with Crippen molar-refractivity contribution >= 4 is 29.1 Å². The highest BCUT2D eigenvalue weighted by Gasteiger charge is 1.93. The molecule has 0 fully saturated rings. The SMILES string of the molecule is CNC(=S)NCCSCc1ccccc1. The predicted molar refractivity (Wildman–Crippen MR) is 72.3 cm³/mol. The van der Waals surface area contributed by atoms with Crippen LogP contribution in [-0.4, -0.2) is 24.5 Å². The third kappa shape index (κ3) is 5.64. The van der Waals surface area contributed by atoms with E-state index in [0.717, 1.165) is 23.2 Å². The summed E-state index contributed by atoms with van der Waals surface area (Å²) in [6.45, 7) is 0.914. The summed E-state index contributed by atoms with van der Waals surface area (Å²) in [5.74, 6) is 2.13. The highest BCUT2D eigenvalue weighted by Crippen LogP contribution is 2.10. The van der Waals surface area contributed by atoms with Gasteiger partial charge in [0, 0.05) is 25.1 Å². The van der Waals surface area contributed by atoms with Gasteiger partial charge < -0.3 is 10.6 Å². The Morgan fingerprint density at radius 1 is 1.33 bits per heavy atom. The third-order valence-electron chi connectivity index (χ3n) is 1.87. The standard InChI is InChI=1S/C11H16N2S2/c1-12-11(14)13-7-8-15-9-10-5-3-2-4-6-10/h2-6H,7-9H2,1H3,(H2,12,13,14). The first kappa shape index (κ1) is 12.3. The Morgan fingerprint density at radius 3 is 2.73 bits per heavy atom. The Labute approximate surface area is 101 Å². The van der Waals surface area contributed by atoms with Gasteiger partial charge in [0.05, 0.1) is 0 Å². The van der Waals surface area contributed by atoms with Gasteiger partial charge in [-0.05, 0) is 17.8 Å². The first-order valence-corrected chi connectivity index (χ1v) is 6.46. The first-order valence-electron chi connectivity index (χ1n) is 4.90. The van der Waals surface area contributed by atoms with Crippen LogP contribution in [0.3, 0.4) is 0 Å². The van der Waals surface area contributed by atoms with Gasteiger partial charge in [0.1, 0.15) is 0 Å². The summed E-state index contributed by atoms with van der Waals surface area (Å²) in [7, 11) is 1.83. The average molecular weight is 240 g/mol. The molecular formula is C11H16N2S2. The molecule has 0 aromatic heterocycles. The summed E-state index contributed by atoms with van der Waals surface area (Å²) in [6.07, 6.45) is 0. The number of hydrogen-bond donors (Lipinski definition) is 2. The van der Waals surface area contributed by atoms with Gasteiger partial charge >= 0.3 is 0 Å². The molecule has 1 rings (SSSR count). The average Bonchev–Trinajstić information content (AvgIpc) is 2.29. The first-order chi connectivity index (χ1) is 7.33. The van der Waals surface area contributed by atoms with E-state index in [4.69, 9.17) is 12.2 Å². The Bertz CT molecular complexity index is 288. The van der Waals surface area contributed by atoms with E-state index in [1.165, 1.54) is 5.56 Å². The molecule has 0 atom stereocenters. The largest absolute Gasteiger partial charge is 0.366 e. The fraction of sp³-hybridized carbons (Fsp3) is 0.364. The normalized spacial score (nSPS) is 9.67. The number of rotatable bonds is 5. The molecular weight excluding hydrogens is 224 g/mol. The molecule has 0 unspecified atom stereocenters. The molecule has 15 heavy (non-hydrogen) atoms. The van der Waals surface area contributed by atoms with Crippen LogP contribution in [0.1, 0.15) is 5.56 Å². The number of benzene rings is 1. The lowest BCUT2D eigenvalue weighted by atomic mass is 10.2. The number of thiocarbonyl (C=S) groups is 1. The smallest absolute Gasteiger partial charge is 0.166 e. The Balaban J connectivity index is 2.05. The molecule has 4 heteroatoms. The van der Waals surface area contributed by atoms with Crippen LogP contribution in [0.25, 0.3) is 0 Å². The quantitative estimate of drug-likeness (QED) is 0.607. The van der Waals surface area contributed by atoms with Gasteiger partial charge in [0.2, 0.25) is 0 Å². The molecule has 1 aromatic rings. The Morgan fingerprint density at radius 2 is 2.07 bits per heavy atom. The van der Waals surface area contributed by atoms with E-state index < -0.39 is 0 Å². The monoisotopic (exact) mass is 240 g/mol. The summed E-state index contributed by atoms with van der Waals surface area (Å²) >= 11 is 6.88. The second kappa shape index (κ2) is 7.54. The highest BCUT2D eigenvalue weighted by molar-refractivity contribution is 7.98. The molecule has 2 nitrogen and oxygen atoms in total. The molecule has 0 aliphatic carbocycles. The van der Waals surface area contributed by atoms with Crippen LogP contribution < -0.4 is 10.6 Å². The van der Waals surface area contributed by atoms with Crippen LogP contribution in [0, 0.1) is 0 Å². The molecule has 0 amide bonds. The summed E-state index contributed by atoms with van der Waals surface area (Å²) in [4.78, 5) is 0. The van der Waals surface area contributed by atoms with Gasteiger partial charge in [-0.25, -0.2) is 0 Å². The van der Waals surface area contributed by atoms with Crippen LogP contribution >= 0.6 is 24.0 Å². The van der Waals surface area contributed by atoms with Crippen molar-refractivity contribution in [1.82, 2.24) is 10.6 Å². The minimum atomic E-state index is 0.718. The molecule has 0 spiro atoms. The molecule has 0 radical (unpaired) electrons. The van der Waals surface area contributed by atoms with Gasteiger partial charge in [0.25, 0.3) is 0 Å². The van der Waals surface area contributed by atoms with Crippen molar-refractivity contribution in [3.63, 3.8) is 0 Å². The summed E-state index contributed by atoms with van der Waals surface area (Å²) < 4.78 is 0. The van der Waals surface area contributed by atoms with E-state index in [9.17, 15) is 0 Å². The van der Waals surface area contributed by atoms with Gasteiger partial charge in [-0.15, -0.1) is 0 Å². The lowest BCUT2D eigenvalue weighted by Gasteiger charge is -2.06. The zero-order chi connectivity index (χ0) is 10.9. The van der Waals surface area contributed by atoms with E-state index >= 15 is 0 Å². The van der Waals surface area contributed by atoms with Crippen LogP contribution in [0.4, 0.5) is 0 Å². The van der Waals surface area contributed by atoms with Crippen molar-refractivity contribution in [3.8, 4) is 0 Å². The number of thioether (sulfide) groups is 1. The van der Waals surface area contributed by atoms with E-state index in [-0.39, 0.29) is 0 Å². The van der Waals surface area contributed by atoms with Crippen LogP contribution in [0.2, 0.25) is 0 Å². The van der Waals surface area contributed by atoms with E-state index in [1.54, 1.807) is 0 Å². The van der Waals surface area contributed by atoms with Crippen LogP contribution in [0.15, 0.2) is 30.3 Å². The molecule has 82 valence electrons. The zero-order valence-electron chi connectivity index (χ0n) is 8.82. The molecule has 0 aliphatic heterocycles. The third-order valence-corrected chi connectivity index (χ3v) is 3.25. The lowest BCUT2D eigenvalue weighted by molar-refractivity contribution is 0.943. The van der Waals surface area contributed by atoms with Crippen molar-refractivity contribution in [2.75, 3.05) is 19.3 Å². The second-order valence-corrected chi connectivity index (χ2v) is 4.56. The van der Waals surface area contributed by atoms with Crippen molar-refractivity contribution in [1.29, 1.82) is 0 Å². The number of nitrogens with one attached hydrogen (secondary N) is 2. The molecule has 1 aromatic carbocycles. The van der Waals surface area contributed by atoms with Crippen LogP contribution in [-0.2, 0) is 5.75 Å². The molecule has 2 N–H and O–H groups in total. The predicted octanol–water partition coefficient (Wildman–Crippen LogP) is 2.01. The summed E-state index contributed by atoms with van der Waals surface area (Å²) in [5.41, 5.74) is 1.37. The maximum absolute atomic E-state index is 4.97. The fourth-order valence-electron chi connectivity index (χ4n) is 1.09. The Hall–Kier alpha value is -0.740. The van der Waals surface area contributed by atoms with E-state index in [0.29, 0.717) is 0 Å². The van der Waals surface area contributed by atoms with Gasteiger partial charge in [-0.2, -0.15) is 11.8 Å². The van der Waals surface area contributed by atoms with Crippen molar-refractivity contribution in [2.24, 2.45) is 0 Å². The molecule has 0 bridgehead atoms. The Kier molecular flexibility index (Phi) is 6.20. The lowest BCUT2D eigenvalue weighted by Crippen LogP contribution is -2.33. The highest BCUT2D eigenvalue weighted by atomic mass is 32.2. The van der Waals surface area contributed by atoms with Gasteiger partial charge in [0.15, 0.2) is 5.11 Å². The summed E-state index contributed by atoms with van der Waals surface area (Å²) in [5, 5.41) is 6.72. The van der Waals surface area contributed by atoms with E-state index in [1.807, 2.05) is 24.9 Å². The summed E-state index contributed by atoms with van der Waals surface area (Å²) in [6, 6.07) is 10.5. The zero-order valence-corrected chi connectivity index (χ0v) is 10.5. The van der Waals surface area contributed by atoms with Gasteiger partial charge in [-0.3, -0.25) is 0 Å². The maximum Gasteiger partial charge on any atom is 0.166 e. The minimum Gasteiger partial charge on any atom is -0.366 e. The van der Waals surface area contributed by atoms with Crippen molar-refractivity contribution in [2.45, 2.75) is 5.75 Å². The molecule has 0 saturated carbocycles. The number of hydrogen-bond acceptors (Lipinski definition) is 2. The van der Waals surface area contributed by atoms with E-state index in [2.05, 4.69) is 34.9 Å². The fourth-order valence-corrected chi connectivity index (χ4v) is 2.01. The van der Waals surface area contributed by atoms with Crippen LogP contribution in [0.5, 0.6) is 0 Å².